The molecule has 0 aliphatic carbocycles. The zero-order chi connectivity index (χ0) is 26.0. The van der Waals surface area contributed by atoms with Gasteiger partial charge in [-0.2, -0.15) is 0 Å². The number of rotatable bonds is 5. The van der Waals surface area contributed by atoms with E-state index in [2.05, 4.69) is 157 Å². The van der Waals surface area contributed by atoms with Crippen molar-refractivity contribution >= 4 is 38.6 Å². The van der Waals surface area contributed by atoms with E-state index in [1.54, 1.807) is 0 Å². The highest BCUT2D eigenvalue weighted by molar-refractivity contribution is 5.98. The van der Waals surface area contributed by atoms with Gasteiger partial charge in [-0.05, 0) is 74.1 Å². The third-order valence-electron chi connectivity index (χ3n) is 7.39. The second-order valence-corrected chi connectivity index (χ2v) is 9.73. The van der Waals surface area contributed by atoms with E-state index in [9.17, 15) is 0 Å². The smallest absolute Gasteiger partial charge is 0.0540 e. The third-order valence-corrected chi connectivity index (χ3v) is 7.39. The number of anilines is 3. The molecule has 183 valence electrons. The van der Waals surface area contributed by atoms with Crippen molar-refractivity contribution in [1.29, 1.82) is 0 Å². The topological polar surface area (TPSA) is 3.24 Å². The number of hydrogen-bond acceptors (Lipinski definition) is 1. The van der Waals surface area contributed by atoms with Gasteiger partial charge in [-0.15, -0.1) is 0 Å². The molecule has 1 nitrogen and oxygen atoms in total. The summed E-state index contributed by atoms with van der Waals surface area (Å²) >= 11 is 0. The van der Waals surface area contributed by atoms with Crippen LogP contribution in [-0.2, 0) is 0 Å². The summed E-state index contributed by atoms with van der Waals surface area (Å²) in [6.45, 7) is 0. The maximum absolute atomic E-state index is 3.43. The van der Waals surface area contributed by atoms with Crippen molar-refractivity contribution in [3.05, 3.63) is 164 Å². The molecular weight excluding hydrogens is 470 g/mol. The Hall–Kier alpha value is -5.14. The van der Waals surface area contributed by atoms with Crippen LogP contribution >= 0.6 is 0 Å². The molecule has 1 heteroatoms. The molecule has 0 saturated heterocycles. The minimum Gasteiger partial charge on any atom is -0.310 e. The fourth-order valence-electron chi connectivity index (χ4n) is 5.48. The van der Waals surface area contributed by atoms with Crippen LogP contribution in [0.15, 0.2) is 158 Å². The Morgan fingerprint density at radius 1 is 0.385 bits per heavy atom. The lowest BCUT2D eigenvalue weighted by atomic mass is 9.97. The van der Waals surface area contributed by atoms with Crippen LogP contribution in [0.4, 0.5) is 17.1 Å². The maximum atomic E-state index is 3.43. The highest BCUT2D eigenvalue weighted by Gasteiger charge is 2.14. The SMILES string of the molecule is [c]1ccccc1N(c1ccc(-c2cccc3ccccc23)cc1)c1ccc(-c2cccc3ccccc23)cc1. The van der Waals surface area contributed by atoms with E-state index < -0.39 is 0 Å². The van der Waals surface area contributed by atoms with Crippen LogP contribution in [-0.4, -0.2) is 0 Å². The van der Waals surface area contributed by atoms with Crippen LogP contribution in [0, 0.1) is 6.07 Å². The Balaban J connectivity index is 1.28. The minimum atomic E-state index is 1.01. The van der Waals surface area contributed by atoms with Gasteiger partial charge in [-0.25, -0.2) is 0 Å². The van der Waals surface area contributed by atoms with Crippen LogP contribution in [0.25, 0.3) is 43.8 Å². The summed E-state index contributed by atoms with van der Waals surface area (Å²) < 4.78 is 0. The molecule has 0 amide bonds. The zero-order valence-corrected chi connectivity index (χ0v) is 21.5. The lowest BCUT2D eigenvalue weighted by molar-refractivity contribution is 1.28. The maximum Gasteiger partial charge on any atom is 0.0540 e. The average molecular weight is 497 g/mol. The Bertz CT molecular complexity index is 1750. The number of para-hydroxylation sites is 1. The van der Waals surface area contributed by atoms with E-state index >= 15 is 0 Å². The molecule has 0 atom stereocenters. The summed E-state index contributed by atoms with van der Waals surface area (Å²) in [6, 6.07) is 59.4. The fraction of sp³-hybridized carbons (Fsp3) is 0. The van der Waals surface area contributed by atoms with Gasteiger partial charge in [-0.1, -0.05) is 127 Å². The van der Waals surface area contributed by atoms with E-state index in [0.717, 1.165) is 17.1 Å². The van der Waals surface area contributed by atoms with Gasteiger partial charge in [0.2, 0.25) is 0 Å². The molecule has 0 bridgehead atoms. The van der Waals surface area contributed by atoms with Crippen molar-refractivity contribution in [2.75, 3.05) is 4.90 Å². The molecular formula is C38H26N. The highest BCUT2D eigenvalue weighted by Crippen LogP contribution is 2.38. The van der Waals surface area contributed by atoms with Gasteiger partial charge in [-0.3, -0.25) is 0 Å². The molecule has 7 rings (SSSR count). The van der Waals surface area contributed by atoms with Gasteiger partial charge in [0, 0.05) is 17.4 Å². The van der Waals surface area contributed by atoms with Gasteiger partial charge in [0.1, 0.15) is 0 Å². The number of benzene rings is 7. The minimum absolute atomic E-state index is 1.01. The predicted molar refractivity (Wildman–Crippen MR) is 166 cm³/mol. The molecule has 39 heavy (non-hydrogen) atoms. The van der Waals surface area contributed by atoms with E-state index in [1.807, 2.05) is 12.1 Å². The fourth-order valence-corrected chi connectivity index (χ4v) is 5.48. The quantitative estimate of drug-likeness (QED) is 0.229. The summed E-state index contributed by atoms with van der Waals surface area (Å²) in [7, 11) is 0. The molecule has 0 N–H and O–H groups in total. The normalized spacial score (nSPS) is 11.1. The van der Waals surface area contributed by atoms with Crippen molar-refractivity contribution in [3.63, 3.8) is 0 Å². The molecule has 0 heterocycles. The summed E-state index contributed by atoms with van der Waals surface area (Å²) in [5.74, 6) is 0. The number of nitrogens with zero attached hydrogens (tertiary/aromatic N) is 1. The first-order chi connectivity index (χ1) is 19.3. The van der Waals surface area contributed by atoms with Crippen molar-refractivity contribution in [2.45, 2.75) is 0 Å². The second kappa shape index (κ2) is 9.96. The van der Waals surface area contributed by atoms with Gasteiger partial charge in [0.15, 0.2) is 0 Å². The molecule has 0 spiro atoms. The van der Waals surface area contributed by atoms with Crippen LogP contribution in [0.5, 0.6) is 0 Å². The largest absolute Gasteiger partial charge is 0.310 e. The molecule has 0 aliphatic rings. The van der Waals surface area contributed by atoms with Gasteiger partial charge < -0.3 is 4.90 Å². The lowest BCUT2D eigenvalue weighted by Crippen LogP contribution is -2.09. The molecule has 0 unspecified atom stereocenters. The first-order valence-corrected chi connectivity index (χ1v) is 13.3. The Morgan fingerprint density at radius 2 is 0.846 bits per heavy atom. The van der Waals surface area contributed by atoms with E-state index in [4.69, 9.17) is 0 Å². The summed E-state index contributed by atoms with van der Waals surface area (Å²) in [5, 5.41) is 5.05. The van der Waals surface area contributed by atoms with E-state index in [0.29, 0.717) is 0 Å². The Morgan fingerprint density at radius 3 is 1.33 bits per heavy atom. The predicted octanol–water partition coefficient (Wildman–Crippen LogP) is 10.6. The molecule has 1 radical (unpaired) electrons. The second-order valence-electron chi connectivity index (χ2n) is 9.73. The molecule has 7 aromatic carbocycles. The third kappa shape index (κ3) is 4.35. The van der Waals surface area contributed by atoms with Crippen molar-refractivity contribution in [3.8, 4) is 22.3 Å². The van der Waals surface area contributed by atoms with Gasteiger partial charge in [0.25, 0.3) is 0 Å². The van der Waals surface area contributed by atoms with E-state index in [-0.39, 0.29) is 0 Å². The van der Waals surface area contributed by atoms with Crippen LogP contribution in [0.1, 0.15) is 0 Å². The monoisotopic (exact) mass is 496 g/mol. The van der Waals surface area contributed by atoms with Gasteiger partial charge >= 0.3 is 0 Å². The van der Waals surface area contributed by atoms with Crippen LogP contribution < -0.4 is 4.90 Å². The van der Waals surface area contributed by atoms with Crippen LogP contribution in [0.3, 0.4) is 0 Å². The zero-order valence-electron chi connectivity index (χ0n) is 21.5. The van der Waals surface area contributed by atoms with Crippen molar-refractivity contribution in [2.24, 2.45) is 0 Å². The Kier molecular flexibility index (Phi) is 5.88. The molecule has 7 aromatic rings. The lowest BCUT2D eigenvalue weighted by Gasteiger charge is -2.25. The van der Waals surface area contributed by atoms with E-state index in [1.165, 1.54) is 43.8 Å². The number of fused-ring (bicyclic) bond motifs is 2. The Labute approximate surface area is 229 Å². The van der Waals surface area contributed by atoms with Gasteiger partial charge in [0.05, 0.1) is 5.69 Å². The van der Waals surface area contributed by atoms with Crippen molar-refractivity contribution in [1.82, 2.24) is 0 Å². The molecule has 0 saturated carbocycles. The first kappa shape index (κ1) is 23.0. The standard InChI is InChI=1S/C38H26N/c1-2-14-32(15-3-1)39(33-24-20-30(21-25-33)37-18-8-12-28-10-4-6-16-35(28)37)34-26-22-31(23-27-34)38-19-9-13-29-11-5-7-17-36(29)38/h1-14,16-27H. The molecule has 0 aliphatic heterocycles. The summed E-state index contributed by atoms with van der Waals surface area (Å²) in [4.78, 5) is 2.26. The molecule has 0 aromatic heterocycles. The first-order valence-electron chi connectivity index (χ1n) is 13.3. The van der Waals surface area contributed by atoms with Crippen molar-refractivity contribution < 1.29 is 0 Å². The summed E-state index contributed by atoms with van der Waals surface area (Å²) in [5.41, 5.74) is 8.11. The summed E-state index contributed by atoms with van der Waals surface area (Å²) in [6.07, 6.45) is 0. The average Bonchev–Trinajstić information content (AvgIpc) is 3.02. The molecule has 0 fully saturated rings. The van der Waals surface area contributed by atoms with Crippen LogP contribution in [0.2, 0.25) is 0 Å². The highest BCUT2D eigenvalue weighted by atomic mass is 15.1. The number of hydrogen-bond donors (Lipinski definition) is 0.